The fraction of sp³-hybridized carbons (Fsp3) is 0.857. The number of rotatable bonds is 1. The molecule has 9 heavy (non-hydrogen) atoms. The first-order valence-electron chi connectivity index (χ1n) is 3.53. The van der Waals surface area contributed by atoms with Crippen molar-refractivity contribution in [1.82, 2.24) is 0 Å². The van der Waals surface area contributed by atoms with Crippen LogP contribution in [0.15, 0.2) is 0 Å². The van der Waals surface area contributed by atoms with E-state index in [0.717, 1.165) is 19.3 Å². The highest BCUT2D eigenvalue weighted by atomic mass is 16.3. The van der Waals surface area contributed by atoms with Gasteiger partial charge in [-0.25, -0.2) is 0 Å². The van der Waals surface area contributed by atoms with Gasteiger partial charge in [0.1, 0.15) is 0 Å². The molecule has 0 spiro atoms. The molecule has 0 aromatic rings. The Kier molecular flexibility index (Phi) is 2.22. The van der Waals surface area contributed by atoms with Crippen LogP contribution in [0.3, 0.4) is 0 Å². The summed E-state index contributed by atoms with van der Waals surface area (Å²) in [6.07, 6.45) is 5.35. The average molecular weight is 127 g/mol. The number of hydrogen-bond acceptors (Lipinski definition) is 2. The van der Waals surface area contributed by atoms with Gasteiger partial charge < -0.3 is 10.5 Å². The van der Waals surface area contributed by atoms with Crippen molar-refractivity contribution in [2.75, 3.05) is 0 Å². The quantitative estimate of drug-likeness (QED) is 0.510. The van der Waals surface area contributed by atoms with Crippen LogP contribution in [0.4, 0.5) is 0 Å². The first kappa shape index (κ1) is 6.75. The normalized spacial score (nSPS) is 36.1. The molecule has 1 fully saturated rings. The Morgan fingerprint density at radius 2 is 2.00 bits per heavy atom. The van der Waals surface area contributed by atoms with Crippen LogP contribution in [0.25, 0.3) is 0 Å². The van der Waals surface area contributed by atoms with Gasteiger partial charge >= 0.3 is 0 Å². The van der Waals surface area contributed by atoms with E-state index in [0.29, 0.717) is 0 Å². The predicted molar refractivity (Wildman–Crippen MR) is 36.7 cm³/mol. The lowest BCUT2D eigenvalue weighted by atomic mass is 9.88. The SMILES string of the molecule is N=CC1CCCCC1O. The molecule has 1 rings (SSSR count). The zero-order chi connectivity index (χ0) is 6.69. The van der Waals surface area contributed by atoms with Gasteiger partial charge in [0.2, 0.25) is 0 Å². The lowest BCUT2D eigenvalue weighted by Crippen LogP contribution is -2.24. The van der Waals surface area contributed by atoms with Crippen molar-refractivity contribution in [2.45, 2.75) is 31.8 Å². The summed E-state index contributed by atoms with van der Waals surface area (Å²) in [5, 5.41) is 16.2. The lowest BCUT2D eigenvalue weighted by Gasteiger charge is -2.23. The molecule has 1 aliphatic rings. The van der Waals surface area contributed by atoms with Crippen molar-refractivity contribution in [3.05, 3.63) is 0 Å². The van der Waals surface area contributed by atoms with Crippen LogP contribution < -0.4 is 0 Å². The second-order valence-corrected chi connectivity index (χ2v) is 2.68. The number of hydrogen-bond donors (Lipinski definition) is 2. The topological polar surface area (TPSA) is 44.1 Å². The molecule has 2 atom stereocenters. The Balaban J connectivity index is 2.38. The summed E-state index contributed by atoms with van der Waals surface area (Å²) in [6, 6.07) is 0. The lowest BCUT2D eigenvalue weighted by molar-refractivity contribution is 0.103. The van der Waals surface area contributed by atoms with E-state index in [1.165, 1.54) is 12.6 Å². The summed E-state index contributed by atoms with van der Waals surface area (Å²) in [5.74, 6) is 0.152. The number of aliphatic hydroxyl groups excluding tert-OH is 1. The number of nitrogens with one attached hydrogen (secondary N) is 1. The van der Waals surface area contributed by atoms with E-state index in [1.54, 1.807) is 0 Å². The highest BCUT2D eigenvalue weighted by Crippen LogP contribution is 2.22. The maximum atomic E-state index is 9.22. The minimum absolute atomic E-state index is 0.152. The smallest absolute Gasteiger partial charge is 0.0617 e. The standard InChI is InChI=1S/C7H13NO/c8-5-6-3-1-2-4-7(6)9/h5-9H,1-4H2. The second kappa shape index (κ2) is 2.97. The molecular weight excluding hydrogens is 114 g/mol. The van der Waals surface area contributed by atoms with E-state index < -0.39 is 0 Å². The molecule has 2 N–H and O–H groups in total. The van der Waals surface area contributed by atoms with Gasteiger partial charge in [-0.3, -0.25) is 0 Å². The molecule has 2 nitrogen and oxygen atoms in total. The van der Waals surface area contributed by atoms with Crippen LogP contribution >= 0.6 is 0 Å². The molecule has 0 heterocycles. The van der Waals surface area contributed by atoms with Crippen LogP contribution in [0.1, 0.15) is 25.7 Å². The first-order valence-corrected chi connectivity index (χ1v) is 3.53. The van der Waals surface area contributed by atoms with Crippen LogP contribution in [0, 0.1) is 11.3 Å². The summed E-state index contributed by atoms with van der Waals surface area (Å²) in [5.41, 5.74) is 0. The van der Waals surface area contributed by atoms with Gasteiger partial charge in [-0.2, -0.15) is 0 Å². The van der Waals surface area contributed by atoms with Crippen molar-refractivity contribution in [3.8, 4) is 0 Å². The van der Waals surface area contributed by atoms with Gasteiger partial charge in [-0.05, 0) is 12.8 Å². The summed E-state index contributed by atoms with van der Waals surface area (Å²) in [6.45, 7) is 0. The fourth-order valence-electron chi connectivity index (χ4n) is 1.33. The minimum Gasteiger partial charge on any atom is -0.392 e. The van der Waals surface area contributed by atoms with Crippen LogP contribution in [0.5, 0.6) is 0 Å². The molecular formula is C7H13NO. The van der Waals surface area contributed by atoms with Gasteiger partial charge in [0.05, 0.1) is 6.10 Å². The number of aliphatic hydroxyl groups is 1. The molecule has 0 aliphatic heterocycles. The molecule has 2 heteroatoms. The van der Waals surface area contributed by atoms with Crippen LogP contribution in [-0.4, -0.2) is 17.4 Å². The third kappa shape index (κ3) is 1.52. The summed E-state index contributed by atoms with van der Waals surface area (Å²) < 4.78 is 0. The first-order chi connectivity index (χ1) is 4.34. The van der Waals surface area contributed by atoms with E-state index in [2.05, 4.69) is 0 Å². The third-order valence-electron chi connectivity index (χ3n) is 2.00. The molecule has 0 aromatic carbocycles. The summed E-state index contributed by atoms with van der Waals surface area (Å²) >= 11 is 0. The molecule has 52 valence electrons. The van der Waals surface area contributed by atoms with Gasteiger partial charge in [0, 0.05) is 12.1 Å². The molecule has 0 amide bonds. The largest absolute Gasteiger partial charge is 0.392 e. The molecule has 1 aliphatic carbocycles. The Bertz CT molecular complexity index is 103. The van der Waals surface area contributed by atoms with Crippen LogP contribution in [-0.2, 0) is 0 Å². The minimum atomic E-state index is -0.226. The highest BCUT2D eigenvalue weighted by Gasteiger charge is 2.19. The monoisotopic (exact) mass is 127 g/mol. The zero-order valence-electron chi connectivity index (χ0n) is 5.51. The third-order valence-corrected chi connectivity index (χ3v) is 2.00. The van der Waals surface area contributed by atoms with E-state index in [1.807, 2.05) is 0 Å². The Morgan fingerprint density at radius 3 is 2.44 bits per heavy atom. The van der Waals surface area contributed by atoms with Crippen molar-refractivity contribution >= 4 is 6.21 Å². The Hall–Kier alpha value is -0.370. The van der Waals surface area contributed by atoms with E-state index >= 15 is 0 Å². The summed E-state index contributed by atoms with van der Waals surface area (Å²) in [7, 11) is 0. The molecule has 0 bridgehead atoms. The van der Waals surface area contributed by atoms with Crippen molar-refractivity contribution in [3.63, 3.8) is 0 Å². The van der Waals surface area contributed by atoms with Crippen LogP contribution in [0.2, 0.25) is 0 Å². The summed E-state index contributed by atoms with van der Waals surface area (Å²) in [4.78, 5) is 0. The second-order valence-electron chi connectivity index (χ2n) is 2.68. The van der Waals surface area contributed by atoms with E-state index in [-0.39, 0.29) is 12.0 Å². The molecule has 1 saturated carbocycles. The maximum Gasteiger partial charge on any atom is 0.0617 e. The maximum absolute atomic E-state index is 9.22. The predicted octanol–water partition coefficient (Wildman–Crippen LogP) is 1.19. The zero-order valence-corrected chi connectivity index (χ0v) is 5.51. The van der Waals surface area contributed by atoms with E-state index in [4.69, 9.17) is 5.41 Å². The average Bonchev–Trinajstić information content (AvgIpc) is 1.89. The highest BCUT2D eigenvalue weighted by molar-refractivity contribution is 5.57. The Labute approximate surface area is 55.4 Å². The van der Waals surface area contributed by atoms with Crippen molar-refractivity contribution in [1.29, 1.82) is 5.41 Å². The van der Waals surface area contributed by atoms with Crippen molar-refractivity contribution < 1.29 is 5.11 Å². The van der Waals surface area contributed by atoms with Gasteiger partial charge in [-0.1, -0.05) is 12.8 Å². The Morgan fingerprint density at radius 1 is 1.33 bits per heavy atom. The molecule has 2 unspecified atom stereocenters. The molecule has 0 radical (unpaired) electrons. The van der Waals surface area contributed by atoms with Crippen molar-refractivity contribution in [2.24, 2.45) is 5.92 Å². The van der Waals surface area contributed by atoms with Gasteiger partial charge in [0.15, 0.2) is 0 Å². The van der Waals surface area contributed by atoms with Gasteiger partial charge in [0.25, 0.3) is 0 Å². The fourth-order valence-corrected chi connectivity index (χ4v) is 1.33. The molecule has 0 saturated heterocycles. The van der Waals surface area contributed by atoms with E-state index in [9.17, 15) is 5.11 Å². The molecule has 0 aromatic heterocycles. The van der Waals surface area contributed by atoms with Gasteiger partial charge in [-0.15, -0.1) is 0 Å².